The Morgan fingerprint density at radius 2 is 1.59 bits per heavy atom. The van der Waals surface area contributed by atoms with E-state index in [0.29, 0.717) is 5.69 Å². The first-order chi connectivity index (χ1) is 10.4. The van der Waals surface area contributed by atoms with Crippen LogP contribution in [0, 0.1) is 0 Å². The van der Waals surface area contributed by atoms with Crippen molar-refractivity contribution in [3.63, 3.8) is 0 Å². The highest BCUT2D eigenvalue weighted by Crippen LogP contribution is 2.20. The first-order valence-corrected chi connectivity index (χ1v) is 8.26. The molecule has 2 rings (SSSR count). The number of hydrogen-bond acceptors (Lipinski definition) is 4. The zero-order valence-electron chi connectivity index (χ0n) is 12.3. The Morgan fingerprint density at radius 3 is 2.23 bits per heavy atom. The lowest BCUT2D eigenvalue weighted by molar-refractivity contribution is 0.0373. The Bertz CT molecular complexity index is 755. The summed E-state index contributed by atoms with van der Waals surface area (Å²) < 4.78 is 32.5. The second kappa shape index (κ2) is 6.62. The van der Waals surface area contributed by atoms with Crippen LogP contribution in [-0.2, 0) is 14.8 Å². The number of sulfonamides is 1. The van der Waals surface area contributed by atoms with Gasteiger partial charge in [0.25, 0.3) is 10.0 Å². The average molecular weight is 319 g/mol. The van der Waals surface area contributed by atoms with Crippen LogP contribution in [0.1, 0.15) is 24.2 Å². The third kappa shape index (κ3) is 3.85. The van der Waals surface area contributed by atoms with Crippen LogP contribution < -0.4 is 4.72 Å². The summed E-state index contributed by atoms with van der Waals surface area (Å²) in [6.07, 6.45) is -0.328. The van der Waals surface area contributed by atoms with E-state index < -0.39 is 16.0 Å². The van der Waals surface area contributed by atoms with Crippen LogP contribution in [-0.4, -0.2) is 20.5 Å². The molecule has 0 aliphatic heterocycles. The molecule has 2 aromatic rings. The predicted octanol–water partition coefficient (Wildman–Crippen LogP) is 3.05. The van der Waals surface area contributed by atoms with E-state index in [1.165, 1.54) is 12.1 Å². The van der Waals surface area contributed by atoms with Crippen LogP contribution >= 0.6 is 0 Å². The quantitative estimate of drug-likeness (QED) is 0.860. The largest absolute Gasteiger partial charge is 0.459 e. The van der Waals surface area contributed by atoms with Gasteiger partial charge in [0, 0.05) is 5.69 Å². The van der Waals surface area contributed by atoms with E-state index in [9.17, 15) is 13.2 Å². The Morgan fingerprint density at radius 1 is 1.00 bits per heavy atom. The zero-order chi connectivity index (χ0) is 16.2. The normalized spacial score (nSPS) is 11.2. The number of esters is 1. The van der Waals surface area contributed by atoms with Gasteiger partial charge in [0.15, 0.2) is 0 Å². The molecule has 0 atom stereocenters. The molecule has 0 radical (unpaired) electrons. The van der Waals surface area contributed by atoms with Gasteiger partial charge in [-0.05, 0) is 38.1 Å². The summed E-state index contributed by atoms with van der Waals surface area (Å²) in [6, 6.07) is 14.5. The molecule has 0 unspecified atom stereocenters. The molecule has 0 saturated carbocycles. The molecule has 0 aliphatic rings. The third-order valence-electron chi connectivity index (χ3n) is 2.77. The molecule has 116 valence electrons. The molecule has 0 spiro atoms. The van der Waals surface area contributed by atoms with E-state index >= 15 is 0 Å². The SMILES string of the molecule is CC(C)OC(=O)c1ccccc1S(=O)(=O)Nc1ccccc1. The van der Waals surface area contributed by atoms with E-state index in [2.05, 4.69) is 4.72 Å². The van der Waals surface area contributed by atoms with Crippen LogP contribution in [0.15, 0.2) is 59.5 Å². The first kappa shape index (κ1) is 16.0. The molecule has 22 heavy (non-hydrogen) atoms. The standard InChI is InChI=1S/C16H17NO4S/c1-12(2)21-16(18)14-10-6-7-11-15(14)22(19,20)17-13-8-4-3-5-9-13/h3-12,17H,1-2H3. The third-order valence-corrected chi connectivity index (χ3v) is 4.20. The number of nitrogens with one attached hydrogen (secondary N) is 1. The second-order valence-electron chi connectivity index (χ2n) is 4.92. The summed E-state index contributed by atoms with van der Waals surface area (Å²) in [5.41, 5.74) is 0.439. The van der Waals surface area contributed by atoms with Gasteiger partial charge in [-0.1, -0.05) is 30.3 Å². The summed E-state index contributed by atoms with van der Waals surface area (Å²) in [6.45, 7) is 3.41. The van der Waals surface area contributed by atoms with E-state index in [0.717, 1.165) is 0 Å². The van der Waals surface area contributed by atoms with E-state index in [4.69, 9.17) is 4.74 Å². The minimum absolute atomic E-state index is 0.0135. The van der Waals surface area contributed by atoms with Crippen LogP contribution in [0.5, 0.6) is 0 Å². The zero-order valence-corrected chi connectivity index (χ0v) is 13.1. The number of anilines is 1. The van der Waals surface area contributed by atoms with Crippen molar-refractivity contribution in [2.24, 2.45) is 0 Å². The molecular weight excluding hydrogens is 302 g/mol. The molecule has 6 heteroatoms. The number of ether oxygens (including phenoxy) is 1. The van der Waals surface area contributed by atoms with Crippen molar-refractivity contribution < 1.29 is 17.9 Å². The fraction of sp³-hybridized carbons (Fsp3) is 0.188. The lowest BCUT2D eigenvalue weighted by Gasteiger charge is -2.13. The highest BCUT2D eigenvalue weighted by molar-refractivity contribution is 7.92. The van der Waals surface area contributed by atoms with Crippen LogP contribution in [0.3, 0.4) is 0 Å². The van der Waals surface area contributed by atoms with E-state index in [-0.39, 0.29) is 16.6 Å². The van der Waals surface area contributed by atoms with Crippen molar-refractivity contribution in [3.05, 3.63) is 60.2 Å². The lowest BCUT2D eigenvalue weighted by atomic mass is 10.2. The number of hydrogen-bond donors (Lipinski definition) is 1. The van der Waals surface area contributed by atoms with Gasteiger partial charge in [-0.3, -0.25) is 4.72 Å². The highest BCUT2D eigenvalue weighted by Gasteiger charge is 2.23. The number of benzene rings is 2. The second-order valence-corrected chi connectivity index (χ2v) is 6.57. The fourth-order valence-corrected chi connectivity index (χ4v) is 3.12. The number of carbonyl (C=O) groups excluding carboxylic acids is 1. The van der Waals surface area contributed by atoms with Gasteiger partial charge in [0.05, 0.1) is 11.7 Å². The number of rotatable bonds is 5. The van der Waals surface area contributed by atoms with Gasteiger partial charge >= 0.3 is 5.97 Å². The van der Waals surface area contributed by atoms with E-state index in [1.807, 2.05) is 0 Å². The molecule has 5 nitrogen and oxygen atoms in total. The van der Waals surface area contributed by atoms with Gasteiger partial charge in [0.2, 0.25) is 0 Å². The molecule has 0 aromatic heterocycles. The molecule has 0 amide bonds. The Balaban J connectivity index is 2.37. The Hall–Kier alpha value is -2.34. The molecule has 0 saturated heterocycles. The molecule has 0 aliphatic carbocycles. The predicted molar refractivity (Wildman–Crippen MR) is 84.2 cm³/mol. The van der Waals surface area contributed by atoms with Gasteiger partial charge in [-0.15, -0.1) is 0 Å². The minimum atomic E-state index is -3.88. The maximum absolute atomic E-state index is 12.5. The fourth-order valence-electron chi connectivity index (χ4n) is 1.86. The van der Waals surface area contributed by atoms with Gasteiger partial charge < -0.3 is 4.74 Å². The van der Waals surface area contributed by atoms with Crippen LogP contribution in [0.4, 0.5) is 5.69 Å². The monoisotopic (exact) mass is 319 g/mol. The lowest BCUT2D eigenvalue weighted by Crippen LogP contribution is -2.19. The molecule has 0 heterocycles. The Kier molecular flexibility index (Phi) is 4.82. The molecule has 0 bridgehead atoms. The summed E-state index contributed by atoms with van der Waals surface area (Å²) in [5.74, 6) is -0.663. The van der Waals surface area contributed by atoms with Crippen molar-refractivity contribution in [2.45, 2.75) is 24.8 Å². The highest BCUT2D eigenvalue weighted by atomic mass is 32.2. The Labute approximate surface area is 130 Å². The molecule has 1 N–H and O–H groups in total. The van der Waals surface area contributed by atoms with Crippen molar-refractivity contribution in [1.82, 2.24) is 0 Å². The topological polar surface area (TPSA) is 72.5 Å². The van der Waals surface area contributed by atoms with Crippen LogP contribution in [0.25, 0.3) is 0 Å². The van der Waals surface area contributed by atoms with E-state index in [1.54, 1.807) is 56.3 Å². The van der Waals surface area contributed by atoms with Gasteiger partial charge in [0.1, 0.15) is 4.90 Å². The average Bonchev–Trinajstić information content (AvgIpc) is 2.47. The maximum atomic E-state index is 12.5. The molecule has 0 fully saturated rings. The number of carbonyl (C=O) groups is 1. The van der Waals surface area contributed by atoms with Crippen molar-refractivity contribution in [3.8, 4) is 0 Å². The van der Waals surface area contributed by atoms with Gasteiger partial charge in [-0.25, -0.2) is 13.2 Å². The van der Waals surface area contributed by atoms with Crippen LogP contribution in [0.2, 0.25) is 0 Å². The summed E-state index contributed by atoms with van der Waals surface area (Å²) in [4.78, 5) is 12.0. The molecular formula is C16H17NO4S. The summed E-state index contributed by atoms with van der Waals surface area (Å²) >= 11 is 0. The first-order valence-electron chi connectivity index (χ1n) is 6.78. The smallest absolute Gasteiger partial charge is 0.339 e. The summed E-state index contributed by atoms with van der Waals surface area (Å²) in [5, 5.41) is 0. The van der Waals surface area contributed by atoms with Crippen molar-refractivity contribution >= 4 is 21.7 Å². The number of para-hydroxylation sites is 1. The van der Waals surface area contributed by atoms with Gasteiger partial charge in [-0.2, -0.15) is 0 Å². The van der Waals surface area contributed by atoms with Crippen molar-refractivity contribution in [1.29, 1.82) is 0 Å². The minimum Gasteiger partial charge on any atom is -0.459 e. The van der Waals surface area contributed by atoms with Crippen molar-refractivity contribution in [2.75, 3.05) is 4.72 Å². The summed E-state index contributed by atoms with van der Waals surface area (Å²) in [7, 11) is -3.88. The molecule has 2 aromatic carbocycles. The maximum Gasteiger partial charge on any atom is 0.339 e.